The number of benzene rings is 2. The van der Waals surface area contributed by atoms with Crippen molar-refractivity contribution in [2.24, 2.45) is 4.99 Å². The Balaban J connectivity index is 1.66. The lowest BCUT2D eigenvalue weighted by atomic mass is 10.0. The number of rotatable bonds is 7. The lowest BCUT2D eigenvalue weighted by Crippen LogP contribution is -2.40. The maximum Gasteiger partial charge on any atom is 0.271 e. The van der Waals surface area contributed by atoms with Gasteiger partial charge in [-0.25, -0.2) is 4.99 Å². The van der Waals surface area contributed by atoms with Crippen LogP contribution in [-0.4, -0.2) is 31.8 Å². The molecule has 0 unspecified atom stereocenters. The molecule has 2 aromatic carbocycles. The van der Waals surface area contributed by atoms with Crippen molar-refractivity contribution in [2.45, 2.75) is 13.0 Å². The first-order valence-corrected chi connectivity index (χ1v) is 13.4. The van der Waals surface area contributed by atoms with Crippen LogP contribution >= 0.6 is 22.7 Å². The molecule has 5 rings (SSSR count). The van der Waals surface area contributed by atoms with E-state index in [-0.39, 0.29) is 11.5 Å². The summed E-state index contributed by atoms with van der Waals surface area (Å²) in [6.45, 7) is 1.80. The third-order valence-corrected chi connectivity index (χ3v) is 8.04. The number of carbonyl (C=O) groups is 1. The maximum absolute atomic E-state index is 13.9. The van der Waals surface area contributed by atoms with E-state index in [1.54, 1.807) is 36.8 Å². The Morgan fingerprint density at radius 1 is 1.00 bits per heavy atom. The summed E-state index contributed by atoms with van der Waals surface area (Å²) in [6.07, 6.45) is 1.75. The molecule has 0 saturated heterocycles. The summed E-state index contributed by atoms with van der Waals surface area (Å²) in [5, 5.41) is 4.89. The van der Waals surface area contributed by atoms with E-state index in [1.807, 2.05) is 47.8 Å². The van der Waals surface area contributed by atoms with Crippen molar-refractivity contribution in [1.29, 1.82) is 0 Å². The van der Waals surface area contributed by atoms with Crippen molar-refractivity contribution in [3.63, 3.8) is 0 Å². The number of nitrogens with zero attached hydrogens (tertiary/aromatic N) is 2. The molecule has 0 spiro atoms. The Hall–Kier alpha value is -4.15. The fraction of sp³-hybridized carbons (Fsp3) is 0.179. The highest BCUT2D eigenvalue weighted by atomic mass is 32.1. The monoisotopic (exact) mass is 547 g/mol. The molecule has 194 valence electrons. The highest BCUT2D eigenvalue weighted by molar-refractivity contribution is 7.10. The zero-order valence-electron chi connectivity index (χ0n) is 21.2. The Kier molecular flexibility index (Phi) is 7.17. The van der Waals surface area contributed by atoms with Crippen molar-refractivity contribution < 1.29 is 19.0 Å². The van der Waals surface area contributed by atoms with Gasteiger partial charge >= 0.3 is 0 Å². The predicted octanol–water partition coefficient (Wildman–Crippen LogP) is 3.96. The molecule has 3 heterocycles. The Bertz CT molecular complexity index is 1700. The normalized spacial score (nSPS) is 15.1. The Labute approximate surface area is 226 Å². The van der Waals surface area contributed by atoms with Crippen LogP contribution in [0.2, 0.25) is 0 Å². The SMILES string of the molecule is COc1ccc(C=c2sc3n(c2=O)[C@@H](c2cccs2)C(C(=O)Nc2ccccc2)=C(C)N=3)c(OC)c1OC. The molecule has 1 amide bonds. The van der Waals surface area contributed by atoms with Crippen LogP contribution < -0.4 is 34.4 Å². The largest absolute Gasteiger partial charge is 0.493 e. The lowest BCUT2D eigenvalue weighted by molar-refractivity contribution is -0.113. The minimum absolute atomic E-state index is 0.249. The van der Waals surface area contributed by atoms with Crippen LogP contribution in [0.5, 0.6) is 17.2 Å². The predicted molar refractivity (Wildman–Crippen MR) is 149 cm³/mol. The zero-order chi connectivity index (χ0) is 26.8. The van der Waals surface area contributed by atoms with Crippen molar-refractivity contribution in [1.82, 2.24) is 4.57 Å². The fourth-order valence-corrected chi connectivity index (χ4v) is 6.29. The van der Waals surface area contributed by atoms with Crippen LogP contribution in [0.4, 0.5) is 5.69 Å². The molecule has 38 heavy (non-hydrogen) atoms. The van der Waals surface area contributed by atoms with Crippen LogP contribution in [0.15, 0.2) is 81.0 Å². The second kappa shape index (κ2) is 10.7. The van der Waals surface area contributed by atoms with Gasteiger partial charge in [0.15, 0.2) is 16.3 Å². The molecule has 1 N–H and O–H groups in total. The number of fused-ring (bicyclic) bond motifs is 1. The van der Waals surface area contributed by atoms with Gasteiger partial charge in [0, 0.05) is 16.1 Å². The molecule has 1 aliphatic rings. The zero-order valence-corrected chi connectivity index (χ0v) is 22.8. The Morgan fingerprint density at radius 2 is 1.76 bits per heavy atom. The Morgan fingerprint density at radius 3 is 2.42 bits per heavy atom. The number of hydrogen-bond acceptors (Lipinski definition) is 8. The lowest BCUT2D eigenvalue weighted by Gasteiger charge is -2.24. The molecule has 0 fully saturated rings. The van der Waals surface area contributed by atoms with Gasteiger partial charge in [-0.1, -0.05) is 35.6 Å². The van der Waals surface area contributed by atoms with E-state index in [4.69, 9.17) is 14.2 Å². The molecule has 0 radical (unpaired) electrons. The minimum atomic E-state index is -0.607. The number of allylic oxidation sites excluding steroid dienone is 1. The van der Waals surface area contributed by atoms with Gasteiger partial charge in [0.1, 0.15) is 6.04 Å². The third-order valence-electron chi connectivity index (χ3n) is 6.13. The molecule has 0 bridgehead atoms. The highest BCUT2D eigenvalue weighted by Gasteiger charge is 2.33. The molecule has 1 aliphatic heterocycles. The maximum atomic E-state index is 13.9. The number of para-hydroxylation sites is 1. The fourth-order valence-electron chi connectivity index (χ4n) is 4.43. The van der Waals surface area contributed by atoms with Crippen molar-refractivity contribution >= 4 is 40.3 Å². The number of carbonyl (C=O) groups excluding carboxylic acids is 1. The number of ether oxygens (including phenoxy) is 3. The van der Waals surface area contributed by atoms with Gasteiger partial charge in [0.05, 0.1) is 37.1 Å². The summed E-state index contributed by atoms with van der Waals surface area (Å²) in [7, 11) is 4.62. The van der Waals surface area contributed by atoms with Crippen LogP contribution in [0, 0.1) is 0 Å². The second-order valence-corrected chi connectivity index (χ2v) is 10.3. The summed E-state index contributed by atoms with van der Waals surface area (Å²) in [4.78, 5) is 33.5. The van der Waals surface area contributed by atoms with Crippen LogP contribution in [-0.2, 0) is 4.79 Å². The molecule has 0 aliphatic carbocycles. The number of hydrogen-bond donors (Lipinski definition) is 1. The van der Waals surface area contributed by atoms with Crippen molar-refractivity contribution in [3.05, 3.63) is 101 Å². The number of thiophene rings is 1. The van der Waals surface area contributed by atoms with Gasteiger partial charge in [0.25, 0.3) is 11.5 Å². The number of thiazole rings is 1. The number of amides is 1. The van der Waals surface area contributed by atoms with E-state index < -0.39 is 6.04 Å². The molecule has 2 aromatic heterocycles. The average molecular weight is 548 g/mol. The quantitative estimate of drug-likeness (QED) is 0.378. The number of methoxy groups -OCH3 is 3. The molecular weight excluding hydrogens is 522 g/mol. The van der Waals surface area contributed by atoms with Gasteiger partial charge in [-0.2, -0.15) is 0 Å². The number of anilines is 1. The van der Waals surface area contributed by atoms with E-state index >= 15 is 0 Å². The summed E-state index contributed by atoms with van der Waals surface area (Å²) < 4.78 is 18.5. The van der Waals surface area contributed by atoms with E-state index in [1.165, 1.54) is 36.9 Å². The molecular formula is C28H25N3O5S2. The molecule has 4 aromatic rings. The van der Waals surface area contributed by atoms with E-state index in [0.717, 1.165) is 4.88 Å². The van der Waals surface area contributed by atoms with Gasteiger partial charge < -0.3 is 19.5 Å². The van der Waals surface area contributed by atoms with Gasteiger partial charge in [-0.3, -0.25) is 14.2 Å². The number of aromatic nitrogens is 1. The van der Waals surface area contributed by atoms with Crippen LogP contribution in [0.25, 0.3) is 6.08 Å². The molecule has 0 saturated carbocycles. The van der Waals surface area contributed by atoms with E-state index in [0.29, 0.717) is 49.1 Å². The first-order chi connectivity index (χ1) is 18.5. The van der Waals surface area contributed by atoms with Crippen molar-refractivity contribution in [3.8, 4) is 17.2 Å². The standard InChI is InChI=1S/C28H25N3O5S2/c1-16-22(26(32)30-18-9-6-5-7-10-18)23(20-11-8-14-37-20)31-27(33)21(38-28(31)29-16)15-17-12-13-19(34-2)25(36-4)24(17)35-3/h5-15,23H,1-4H3,(H,30,32)/t23-/m0/s1. The second-order valence-electron chi connectivity index (χ2n) is 8.34. The molecule has 1 atom stereocenters. The van der Waals surface area contributed by atoms with Gasteiger partial charge in [-0.15, -0.1) is 11.3 Å². The van der Waals surface area contributed by atoms with E-state index in [9.17, 15) is 9.59 Å². The van der Waals surface area contributed by atoms with E-state index in [2.05, 4.69) is 10.3 Å². The average Bonchev–Trinajstić information content (AvgIpc) is 3.56. The summed E-state index contributed by atoms with van der Waals surface area (Å²) in [5.74, 6) is 1.10. The smallest absolute Gasteiger partial charge is 0.271 e. The summed E-state index contributed by atoms with van der Waals surface area (Å²) in [5.41, 5.74) is 2.07. The van der Waals surface area contributed by atoms with Crippen LogP contribution in [0.3, 0.4) is 0 Å². The minimum Gasteiger partial charge on any atom is -0.493 e. The van der Waals surface area contributed by atoms with Crippen molar-refractivity contribution in [2.75, 3.05) is 26.6 Å². The summed E-state index contributed by atoms with van der Waals surface area (Å²) in [6, 6.07) is 16.0. The number of nitrogens with one attached hydrogen (secondary N) is 1. The third kappa shape index (κ3) is 4.52. The molecule has 10 heteroatoms. The first kappa shape index (κ1) is 25.5. The van der Waals surface area contributed by atoms with Crippen LogP contribution in [0.1, 0.15) is 23.4 Å². The highest BCUT2D eigenvalue weighted by Crippen LogP contribution is 2.40. The van der Waals surface area contributed by atoms with Gasteiger partial charge in [0.2, 0.25) is 5.75 Å². The summed E-state index contributed by atoms with van der Waals surface area (Å²) >= 11 is 2.75. The first-order valence-electron chi connectivity index (χ1n) is 11.7. The van der Waals surface area contributed by atoms with Gasteiger partial charge in [-0.05, 0) is 48.7 Å². The molecule has 8 nitrogen and oxygen atoms in total. The topological polar surface area (TPSA) is 91.2 Å².